The van der Waals surface area contributed by atoms with Crippen molar-refractivity contribution in [3.05, 3.63) is 20.8 Å². The third-order valence-electron chi connectivity index (χ3n) is 4.81. The van der Waals surface area contributed by atoms with Crippen LogP contribution in [0, 0.1) is 12.8 Å². The predicted molar refractivity (Wildman–Crippen MR) is 81.5 cm³/mol. The summed E-state index contributed by atoms with van der Waals surface area (Å²) in [6.07, 6.45) is 4.88. The standard InChI is InChI=1S/C15H20ClNO2S/c1-10-9-20-13(12(10)16)14(18)17-7-6-15(19)5-3-2-4-11(15)8-17/h9,11,19H,2-8H2,1H3. The fourth-order valence-electron chi connectivity index (χ4n) is 3.47. The number of hydrogen-bond acceptors (Lipinski definition) is 3. The van der Waals surface area contributed by atoms with E-state index in [0.717, 1.165) is 31.2 Å². The zero-order valence-corrected chi connectivity index (χ0v) is 13.3. The number of rotatable bonds is 1. The van der Waals surface area contributed by atoms with E-state index in [1.807, 2.05) is 17.2 Å². The van der Waals surface area contributed by atoms with Crippen molar-refractivity contribution in [1.82, 2.24) is 4.90 Å². The number of piperidine rings is 1. The van der Waals surface area contributed by atoms with E-state index in [1.54, 1.807) is 0 Å². The molecule has 3 rings (SSSR count). The van der Waals surface area contributed by atoms with Crippen LogP contribution in [-0.4, -0.2) is 34.6 Å². The van der Waals surface area contributed by atoms with Crippen LogP contribution in [0.4, 0.5) is 0 Å². The molecule has 1 aromatic rings. The van der Waals surface area contributed by atoms with E-state index in [0.29, 0.717) is 29.4 Å². The Hall–Kier alpha value is -0.580. The largest absolute Gasteiger partial charge is 0.389 e. The minimum absolute atomic E-state index is 0.0284. The third-order valence-corrected chi connectivity index (χ3v) is 6.49. The van der Waals surface area contributed by atoms with Crippen molar-refractivity contribution in [2.24, 2.45) is 5.92 Å². The molecule has 1 amide bonds. The second-order valence-electron chi connectivity index (χ2n) is 6.11. The molecule has 1 saturated heterocycles. The van der Waals surface area contributed by atoms with E-state index in [2.05, 4.69) is 0 Å². The van der Waals surface area contributed by atoms with Crippen molar-refractivity contribution in [3.63, 3.8) is 0 Å². The van der Waals surface area contributed by atoms with Crippen LogP contribution < -0.4 is 0 Å². The van der Waals surface area contributed by atoms with Gasteiger partial charge in [-0.15, -0.1) is 11.3 Å². The molecule has 1 aliphatic heterocycles. The monoisotopic (exact) mass is 313 g/mol. The second-order valence-corrected chi connectivity index (χ2v) is 7.37. The van der Waals surface area contributed by atoms with E-state index < -0.39 is 5.60 Å². The van der Waals surface area contributed by atoms with Gasteiger partial charge in [-0.1, -0.05) is 24.4 Å². The Morgan fingerprint density at radius 3 is 3.00 bits per heavy atom. The topological polar surface area (TPSA) is 40.5 Å². The number of aryl methyl sites for hydroxylation is 1. The van der Waals surface area contributed by atoms with Crippen molar-refractivity contribution in [3.8, 4) is 0 Å². The molecule has 110 valence electrons. The first-order valence-corrected chi connectivity index (χ1v) is 8.52. The number of aliphatic hydroxyl groups is 1. The van der Waals surface area contributed by atoms with Gasteiger partial charge in [0.25, 0.3) is 5.91 Å². The minimum atomic E-state index is -0.538. The lowest BCUT2D eigenvalue weighted by Crippen LogP contribution is -2.54. The number of fused-ring (bicyclic) bond motifs is 1. The molecular weight excluding hydrogens is 294 g/mol. The van der Waals surface area contributed by atoms with Gasteiger partial charge >= 0.3 is 0 Å². The number of nitrogens with zero attached hydrogens (tertiary/aromatic N) is 1. The fraction of sp³-hybridized carbons (Fsp3) is 0.667. The Morgan fingerprint density at radius 1 is 1.50 bits per heavy atom. The molecule has 0 radical (unpaired) electrons. The highest BCUT2D eigenvalue weighted by Gasteiger charge is 2.44. The van der Waals surface area contributed by atoms with Crippen molar-refractivity contribution in [1.29, 1.82) is 0 Å². The molecule has 0 bridgehead atoms. The first kappa shape index (κ1) is 14.4. The quantitative estimate of drug-likeness (QED) is 0.862. The number of likely N-dealkylation sites (tertiary alicyclic amines) is 1. The average Bonchev–Trinajstić information content (AvgIpc) is 2.77. The van der Waals surface area contributed by atoms with Crippen LogP contribution in [-0.2, 0) is 0 Å². The van der Waals surface area contributed by atoms with Crippen LogP contribution in [0.15, 0.2) is 5.38 Å². The van der Waals surface area contributed by atoms with E-state index in [1.165, 1.54) is 11.3 Å². The van der Waals surface area contributed by atoms with E-state index in [-0.39, 0.29) is 11.8 Å². The molecule has 1 N–H and O–H groups in total. The highest BCUT2D eigenvalue weighted by atomic mass is 35.5. The number of carbonyl (C=O) groups excluding carboxylic acids is 1. The molecule has 20 heavy (non-hydrogen) atoms. The Morgan fingerprint density at radius 2 is 2.30 bits per heavy atom. The zero-order chi connectivity index (χ0) is 14.3. The molecule has 0 aromatic carbocycles. The predicted octanol–water partition coefficient (Wildman–Crippen LogP) is 3.48. The minimum Gasteiger partial charge on any atom is -0.389 e. The molecule has 2 fully saturated rings. The summed E-state index contributed by atoms with van der Waals surface area (Å²) in [6.45, 7) is 3.23. The third kappa shape index (κ3) is 2.38. The van der Waals surface area contributed by atoms with Gasteiger partial charge in [0, 0.05) is 19.0 Å². The van der Waals surface area contributed by atoms with E-state index >= 15 is 0 Å². The average molecular weight is 314 g/mol. The van der Waals surface area contributed by atoms with Crippen LogP contribution in [0.3, 0.4) is 0 Å². The summed E-state index contributed by atoms with van der Waals surface area (Å²) in [7, 11) is 0. The summed E-state index contributed by atoms with van der Waals surface area (Å²) >= 11 is 7.62. The zero-order valence-electron chi connectivity index (χ0n) is 11.7. The number of thiophene rings is 1. The molecule has 2 heterocycles. The van der Waals surface area contributed by atoms with Gasteiger partial charge in [0.2, 0.25) is 0 Å². The van der Waals surface area contributed by atoms with Gasteiger partial charge in [0.15, 0.2) is 0 Å². The van der Waals surface area contributed by atoms with Crippen LogP contribution in [0.5, 0.6) is 0 Å². The second kappa shape index (κ2) is 5.32. The Labute approximate surface area is 128 Å². The number of amides is 1. The van der Waals surface area contributed by atoms with Crippen molar-refractivity contribution >= 4 is 28.8 Å². The number of carbonyl (C=O) groups is 1. The maximum absolute atomic E-state index is 12.6. The molecule has 3 nitrogen and oxygen atoms in total. The molecule has 1 aromatic heterocycles. The van der Waals surface area contributed by atoms with Gasteiger partial charge in [-0.2, -0.15) is 0 Å². The molecule has 1 saturated carbocycles. The Balaban J connectivity index is 1.76. The molecule has 2 aliphatic rings. The maximum atomic E-state index is 12.6. The van der Waals surface area contributed by atoms with Gasteiger partial charge in [0.05, 0.1) is 10.6 Å². The Bertz CT molecular complexity index is 530. The van der Waals surface area contributed by atoms with Crippen LogP contribution in [0.25, 0.3) is 0 Å². The maximum Gasteiger partial charge on any atom is 0.265 e. The highest BCUT2D eigenvalue weighted by molar-refractivity contribution is 7.13. The van der Waals surface area contributed by atoms with Gasteiger partial charge < -0.3 is 10.0 Å². The molecule has 2 atom stereocenters. The smallest absolute Gasteiger partial charge is 0.265 e. The van der Waals surface area contributed by atoms with Crippen molar-refractivity contribution in [2.45, 2.75) is 44.6 Å². The van der Waals surface area contributed by atoms with Gasteiger partial charge in [-0.3, -0.25) is 4.79 Å². The first-order valence-electron chi connectivity index (χ1n) is 7.26. The molecule has 5 heteroatoms. The molecular formula is C15H20ClNO2S. The summed E-state index contributed by atoms with van der Waals surface area (Å²) < 4.78 is 0. The summed E-state index contributed by atoms with van der Waals surface area (Å²) in [5.41, 5.74) is 0.427. The summed E-state index contributed by atoms with van der Waals surface area (Å²) in [5.74, 6) is 0.259. The van der Waals surface area contributed by atoms with Gasteiger partial charge in [-0.25, -0.2) is 0 Å². The summed E-state index contributed by atoms with van der Waals surface area (Å²) in [5, 5.41) is 13.2. The Kier molecular flexibility index (Phi) is 3.82. The SMILES string of the molecule is Cc1csc(C(=O)N2CCC3(O)CCCCC3C2)c1Cl. The van der Waals surface area contributed by atoms with Crippen molar-refractivity contribution in [2.75, 3.05) is 13.1 Å². The molecule has 2 unspecified atom stereocenters. The summed E-state index contributed by atoms with van der Waals surface area (Å²) in [4.78, 5) is 15.1. The first-order chi connectivity index (χ1) is 9.51. The lowest BCUT2D eigenvalue weighted by Gasteiger charge is -2.47. The number of hydrogen-bond donors (Lipinski definition) is 1. The van der Waals surface area contributed by atoms with E-state index in [9.17, 15) is 9.90 Å². The van der Waals surface area contributed by atoms with Crippen LogP contribution >= 0.6 is 22.9 Å². The lowest BCUT2D eigenvalue weighted by molar-refractivity contribution is -0.0885. The van der Waals surface area contributed by atoms with Crippen molar-refractivity contribution < 1.29 is 9.90 Å². The number of halogens is 1. The van der Waals surface area contributed by atoms with E-state index in [4.69, 9.17) is 11.6 Å². The molecule has 1 aliphatic carbocycles. The summed E-state index contributed by atoms with van der Waals surface area (Å²) in [6, 6.07) is 0. The normalized spacial score (nSPS) is 30.1. The highest BCUT2D eigenvalue weighted by Crippen LogP contribution is 2.40. The van der Waals surface area contributed by atoms with Gasteiger partial charge in [0.1, 0.15) is 4.88 Å². The molecule has 0 spiro atoms. The van der Waals surface area contributed by atoms with Crippen LogP contribution in [0.2, 0.25) is 5.02 Å². The van der Waals surface area contributed by atoms with Crippen LogP contribution in [0.1, 0.15) is 47.3 Å². The lowest BCUT2D eigenvalue weighted by atomic mass is 9.71. The van der Waals surface area contributed by atoms with Gasteiger partial charge in [-0.05, 0) is 37.1 Å². The fourth-order valence-corrected chi connectivity index (χ4v) is 4.71.